The maximum absolute atomic E-state index is 6.33. The summed E-state index contributed by atoms with van der Waals surface area (Å²) >= 11 is 0. The lowest BCUT2D eigenvalue weighted by Crippen LogP contribution is -2.48. The zero-order valence-electron chi connectivity index (χ0n) is 10.9. The van der Waals surface area contributed by atoms with Gasteiger partial charge in [-0.3, -0.25) is 0 Å². The van der Waals surface area contributed by atoms with E-state index in [4.69, 9.17) is 8.85 Å². The molecule has 0 aliphatic heterocycles. The average Bonchev–Trinajstić information content (AvgIpc) is 2.99. The molecule has 2 nitrogen and oxygen atoms in total. The standard InChI is InChI=1S/C12H26O2Si/c1-6-11(5)14-15(10(3)4,13-7-2)12-8-9-12/h10-12H,6-9H2,1-5H3. The lowest BCUT2D eigenvalue weighted by Gasteiger charge is -2.36. The van der Waals surface area contributed by atoms with Crippen LogP contribution in [0.2, 0.25) is 11.1 Å². The summed E-state index contributed by atoms with van der Waals surface area (Å²) in [6.07, 6.45) is 4.08. The summed E-state index contributed by atoms with van der Waals surface area (Å²) in [5.41, 5.74) is 1.32. The van der Waals surface area contributed by atoms with Crippen molar-refractivity contribution in [2.24, 2.45) is 0 Å². The number of hydrogen-bond acceptors (Lipinski definition) is 2. The van der Waals surface area contributed by atoms with Crippen LogP contribution in [0.15, 0.2) is 0 Å². The smallest absolute Gasteiger partial charge is 0.344 e. The first-order valence-electron chi connectivity index (χ1n) is 6.38. The molecule has 1 aliphatic rings. The Morgan fingerprint density at radius 2 is 1.80 bits per heavy atom. The fourth-order valence-electron chi connectivity index (χ4n) is 2.13. The maximum atomic E-state index is 6.33. The molecule has 2 unspecified atom stereocenters. The molecule has 0 aromatic rings. The lowest BCUT2D eigenvalue weighted by molar-refractivity contribution is 0.116. The van der Waals surface area contributed by atoms with E-state index in [9.17, 15) is 0 Å². The zero-order chi connectivity index (χ0) is 11.5. The quantitative estimate of drug-likeness (QED) is 0.618. The van der Waals surface area contributed by atoms with Crippen molar-refractivity contribution in [1.82, 2.24) is 0 Å². The molecule has 0 N–H and O–H groups in total. The van der Waals surface area contributed by atoms with Crippen molar-refractivity contribution < 1.29 is 8.85 Å². The van der Waals surface area contributed by atoms with E-state index >= 15 is 0 Å². The molecule has 0 amide bonds. The van der Waals surface area contributed by atoms with Gasteiger partial charge in [0.25, 0.3) is 0 Å². The minimum atomic E-state index is -1.92. The summed E-state index contributed by atoms with van der Waals surface area (Å²) in [6.45, 7) is 11.8. The van der Waals surface area contributed by atoms with E-state index in [0.29, 0.717) is 11.6 Å². The Bertz CT molecular complexity index is 188. The molecule has 2 atom stereocenters. The largest absolute Gasteiger partial charge is 0.394 e. The molecule has 0 aromatic carbocycles. The van der Waals surface area contributed by atoms with Crippen molar-refractivity contribution in [2.45, 2.75) is 71.1 Å². The van der Waals surface area contributed by atoms with Crippen LogP contribution in [0.4, 0.5) is 0 Å². The molecule has 0 spiro atoms. The molecule has 0 aromatic heterocycles. The van der Waals surface area contributed by atoms with Crippen molar-refractivity contribution in [3.63, 3.8) is 0 Å². The fraction of sp³-hybridized carbons (Fsp3) is 1.00. The second-order valence-corrected chi connectivity index (χ2v) is 8.86. The van der Waals surface area contributed by atoms with E-state index in [1.807, 2.05) is 0 Å². The van der Waals surface area contributed by atoms with Crippen LogP contribution in [-0.4, -0.2) is 21.3 Å². The highest BCUT2D eigenvalue weighted by atomic mass is 28.4. The monoisotopic (exact) mass is 230 g/mol. The molecule has 90 valence electrons. The minimum absolute atomic E-state index is 0.353. The number of hydrogen-bond donors (Lipinski definition) is 0. The van der Waals surface area contributed by atoms with E-state index < -0.39 is 8.56 Å². The highest BCUT2D eigenvalue weighted by Gasteiger charge is 2.54. The highest BCUT2D eigenvalue weighted by molar-refractivity contribution is 6.71. The van der Waals surface area contributed by atoms with Crippen LogP contribution in [0.3, 0.4) is 0 Å². The van der Waals surface area contributed by atoms with Gasteiger partial charge >= 0.3 is 8.56 Å². The molecule has 0 saturated heterocycles. The summed E-state index contributed by atoms with van der Waals surface area (Å²) in [4.78, 5) is 0. The van der Waals surface area contributed by atoms with E-state index in [2.05, 4.69) is 34.6 Å². The molecular formula is C12H26O2Si. The van der Waals surface area contributed by atoms with Crippen LogP contribution in [0.25, 0.3) is 0 Å². The van der Waals surface area contributed by atoms with Crippen LogP contribution >= 0.6 is 0 Å². The molecule has 0 heterocycles. The van der Waals surface area contributed by atoms with Gasteiger partial charge in [-0.05, 0) is 38.7 Å². The molecule has 1 aliphatic carbocycles. The van der Waals surface area contributed by atoms with Crippen molar-refractivity contribution in [3.8, 4) is 0 Å². The molecule has 0 bridgehead atoms. The lowest BCUT2D eigenvalue weighted by atomic mass is 10.3. The predicted octanol–water partition coefficient (Wildman–Crippen LogP) is 3.85. The Morgan fingerprint density at radius 1 is 1.20 bits per heavy atom. The second kappa shape index (κ2) is 5.46. The third kappa shape index (κ3) is 3.05. The van der Waals surface area contributed by atoms with E-state index in [-0.39, 0.29) is 0 Å². The minimum Gasteiger partial charge on any atom is -0.394 e. The van der Waals surface area contributed by atoms with Gasteiger partial charge in [0.05, 0.1) is 0 Å². The van der Waals surface area contributed by atoms with Gasteiger partial charge < -0.3 is 8.85 Å². The van der Waals surface area contributed by atoms with Crippen molar-refractivity contribution >= 4 is 8.56 Å². The van der Waals surface area contributed by atoms with Gasteiger partial charge in [0.2, 0.25) is 0 Å². The van der Waals surface area contributed by atoms with E-state index in [0.717, 1.165) is 18.6 Å². The molecule has 1 saturated carbocycles. The first-order chi connectivity index (χ1) is 7.06. The Balaban J connectivity index is 2.71. The summed E-state index contributed by atoms with van der Waals surface area (Å²) in [6, 6.07) is 0. The molecule has 15 heavy (non-hydrogen) atoms. The highest BCUT2D eigenvalue weighted by Crippen LogP contribution is 2.51. The fourth-order valence-corrected chi connectivity index (χ4v) is 6.39. The van der Waals surface area contributed by atoms with Gasteiger partial charge in [-0.2, -0.15) is 0 Å². The molecule has 0 radical (unpaired) electrons. The second-order valence-electron chi connectivity index (χ2n) is 4.92. The van der Waals surface area contributed by atoms with E-state index in [1.54, 1.807) is 0 Å². The van der Waals surface area contributed by atoms with Crippen LogP contribution in [0.5, 0.6) is 0 Å². The van der Waals surface area contributed by atoms with Gasteiger partial charge in [-0.1, -0.05) is 20.8 Å². The molecule has 1 fully saturated rings. The normalized spacial score (nSPS) is 22.8. The van der Waals surface area contributed by atoms with Crippen LogP contribution < -0.4 is 0 Å². The topological polar surface area (TPSA) is 18.5 Å². The molecule has 1 rings (SSSR count). The molecular weight excluding hydrogens is 204 g/mol. The third-order valence-electron chi connectivity index (χ3n) is 3.28. The summed E-state index contributed by atoms with van der Waals surface area (Å²) in [5.74, 6) is 0. The maximum Gasteiger partial charge on any atom is 0.344 e. The Hall–Kier alpha value is 0.137. The van der Waals surface area contributed by atoms with Gasteiger partial charge in [-0.25, -0.2) is 0 Å². The van der Waals surface area contributed by atoms with Gasteiger partial charge in [0.1, 0.15) is 0 Å². The Morgan fingerprint density at radius 3 is 2.13 bits per heavy atom. The van der Waals surface area contributed by atoms with Crippen LogP contribution in [-0.2, 0) is 8.85 Å². The average molecular weight is 230 g/mol. The van der Waals surface area contributed by atoms with E-state index in [1.165, 1.54) is 12.8 Å². The zero-order valence-corrected chi connectivity index (χ0v) is 11.9. The summed E-state index contributed by atoms with van der Waals surface area (Å²) < 4.78 is 12.4. The van der Waals surface area contributed by atoms with Gasteiger partial charge in [-0.15, -0.1) is 0 Å². The third-order valence-corrected chi connectivity index (χ3v) is 8.12. The van der Waals surface area contributed by atoms with Crippen LogP contribution in [0.1, 0.15) is 53.9 Å². The Kier molecular flexibility index (Phi) is 4.81. The molecule has 3 heteroatoms. The first-order valence-corrected chi connectivity index (χ1v) is 8.35. The first kappa shape index (κ1) is 13.2. The Labute approximate surface area is 95.6 Å². The predicted molar refractivity (Wildman–Crippen MR) is 66.3 cm³/mol. The summed E-state index contributed by atoms with van der Waals surface area (Å²) in [5, 5.41) is 0. The van der Waals surface area contributed by atoms with Crippen LogP contribution in [0, 0.1) is 0 Å². The van der Waals surface area contributed by atoms with Crippen molar-refractivity contribution in [1.29, 1.82) is 0 Å². The number of rotatable bonds is 7. The van der Waals surface area contributed by atoms with Gasteiger partial charge in [0, 0.05) is 18.3 Å². The summed E-state index contributed by atoms with van der Waals surface area (Å²) in [7, 11) is -1.92. The SMILES string of the molecule is CCO[Si](OC(C)CC)(C(C)C)C1CC1. The van der Waals surface area contributed by atoms with Crippen molar-refractivity contribution in [2.75, 3.05) is 6.61 Å². The van der Waals surface area contributed by atoms with Gasteiger partial charge in [0.15, 0.2) is 0 Å². The van der Waals surface area contributed by atoms with Crippen molar-refractivity contribution in [3.05, 3.63) is 0 Å².